The predicted molar refractivity (Wildman–Crippen MR) is 117 cm³/mol. The fourth-order valence-corrected chi connectivity index (χ4v) is 3.98. The lowest BCUT2D eigenvalue weighted by atomic mass is 9.98. The highest BCUT2D eigenvalue weighted by Crippen LogP contribution is 2.32. The Morgan fingerprint density at radius 3 is 2.38 bits per heavy atom. The van der Waals surface area contributed by atoms with E-state index in [4.69, 9.17) is 14.2 Å². The topological polar surface area (TPSA) is 27.7 Å². The van der Waals surface area contributed by atoms with Gasteiger partial charge in [0.15, 0.2) is 6.29 Å². The standard InChI is InChI=1S/C26H25F5O3/c1-2-11-32-20-14-33-25(34-15-20)19-8-9-21-18(13-19)7-6-17(24(21)28)5-3-16-4-10-22(23(27)12-16)26(29,30)31/h4,6-10,12-13,20,25H,2-3,5,11,14-15H2,1H3. The van der Waals surface area contributed by atoms with Gasteiger partial charge in [0.25, 0.3) is 0 Å². The van der Waals surface area contributed by atoms with E-state index in [2.05, 4.69) is 0 Å². The summed E-state index contributed by atoms with van der Waals surface area (Å²) in [6.45, 7) is 3.51. The van der Waals surface area contributed by atoms with E-state index in [-0.39, 0.29) is 18.9 Å². The molecule has 34 heavy (non-hydrogen) atoms. The van der Waals surface area contributed by atoms with Crippen molar-refractivity contribution in [3.05, 3.63) is 82.4 Å². The van der Waals surface area contributed by atoms with Gasteiger partial charge in [-0.15, -0.1) is 0 Å². The molecule has 4 rings (SSSR count). The van der Waals surface area contributed by atoms with Crippen molar-refractivity contribution in [2.24, 2.45) is 0 Å². The Hall–Kier alpha value is -2.55. The Kier molecular flexibility index (Phi) is 7.50. The summed E-state index contributed by atoms with van der Waals surface area (Å²) in [5.74, 6) is -1.73. The average molecular weight is 480 g/mol. The summed E-state index contributed by atoms with van der Waals surface area (Å²) in [4.78, 5) is 0. The van der Waals surface area contributed by atoms with E-state index in [0.29, 0.717) is 41.7 Å². The molecule has 8 heteroatoms. The monoisotopic (exact) mass is 480 g/mol. The first-order valence-corrected chi connectivity index (χ1v) is 11.2. The van der Waals surface area contributed by atoms with Gasteiger partial charge in [-0.3, -0.25) is 0 Å². The molecule has 1 aliphatic heterocycles. The predicted octanol–water partition coefficient (Wildman–Crippen LogP) is 6.76. The van der Waals surface area contributed by atoms with Crippen LogP contribution in [-0.4, -0.2) is 25.9 Å². The Balaban J connectivity index is 1.44. The van der Waals surface area contributed by atoms with Crippen molar-refractivity contribution in [3.63, 3.8) is 0 Å². The molecule has 0 N–H and O–H groups in total. The van der Waals surface area contributed by atoms with Gasteiger partial charge in [0.1, 0.15) is 17.7 Å². The maximum Gasteiger partial charge on any atom is 0.419 e. The van der Waals surface area contributed by atoms with E-state index in [1.165, 1.54) is 6.07 Å². The van der Waals surface area contributed by atoms with Crippen LogP contribution in [0.25, 0.3) is 10.8 Å². The van der Waals surface area contributed by atoms with Crippen LogP contribution in [0.2, 0.25) is 0 Å². The fourth-order valence-electron chi connectivity index (χ4n) is 3.98. The van der Waals surface area contributed by atoms with Crippen molar-refractivity contribution in [2.75, 3.05) is 19.8 Å². The molecule has 3 nitrogen and oxygen atoms in total. The second-order valence-electron chi connectivity index (χ2n) is 8.32. The van der Waals surface area contributed by atoms with E-state index in [1.807, 2.05) is 13.0 Å². The smallest absolute Gasteiger partial charge is 0.373 e. The molecule has 0 aromatic heterocycles. The van der Waals surface area contributed by atoms with Crippen LogP contribution in [0.1, 0.15) is 41.9 Å². The molecule has 1 saturated heterocycles. The number of ether oxygens (including phenoxy) is 3. The molecular weight excluding hydrogens is 455 g/mol. The van der Waals surface area contributed by atoms with Gasteiger partial charge in [0.2, 0.25) is 0 Å². The van der Waals surface area contributed by atoms with Crippen LogP contribution in [0.4, 0.5) is 22.0 Å². The van der Waals surface area contributed by atoms with Crippen LogP contribution >= 0.6 is 0 Å². The van der Waals surface area contributed by atoms with Crippen molar-refractivity contribution in [1.29, 1.82) is 0 Å². The van der Waals surface area contributed by atoms with Gasteiger partial charge in [-0.25, -0.2) is 8.78 Å². The van der Waals surface area contributed by atoms with E-state index in [1.54, 1.807) is 24.3 Å². The first-order valence-electron chi connectivity index (χ1n) is 11.2. The first-order chi connectivity index (χ1) is 16.3. The molecule has 0 saturated carbocycles. The maximum atomic E-state index is 15.1. The second kappa shape index (κ2) is 10.4. The summed E-state index contributed by atoms with van der Waals surface area (Å²) >= 11 is 0. The molecule has 0 bridgehead atoms. The van der Waals surface area contributed by atoms with Crippen LogP contribution in [0.5, 0.6) is 0 Å². The quantitative estimate of drug-likeness (QED) is 0.350. The van der Waals surface area contributed by atoms with Crippen molar-refractivity contribution < 1.29 is 36.2 Å². The average Bonchev–Trinajstić information content (AvgIpc) is 2.81. The largest absolute Gasteiger partial charge is 0.419 e. The minimum absolute atomic E-state index is 0.102. The number of hydrogen-bond donors (Lipinski definition) is 0. The lowest BCUT2D eigenvalue weighted by molar-refractivity contribution is -0.230. The van der Waals surface area contributed by atoms with Gasteiger partial charge < -0.3 is 14.2 Å². The zero-order valence-corrected chi connectivity index (χ0v) is 18.6. The van der Waals surface area contributed by atoms with Crippen molar-refractivity contribution in [3.8, 4) is 0 Å². The third-order valence-electron chi connectivity index (χ3n) is 5.78. The molecule has 0 atom stereocenters. The maximum absolute atomic E-state index is 15.1. The van der Waals surface area contributed by atoms with Crippen molar-refractivity contribution in [2.45, 2.75) is 44.8 Å². The molecule has 0 unspecified atom stereocenters. The van der Waals surface area contributed by atoms with Gasteiger partial charge in [-0.05, 0) is 54.0 Å². The van der Waals surface area contributed by atoms with Crippen molar-refractivity contribution >= 4 is 10.8 Å². The van der Waals surface area contributed by atoms with Crippen LogP contribution in [0, 0.1) is 11.6 Å². The Morgan fingerprint density at radius 2 is 1.71 bits per heavy atom. The number of rotatable bonds is 7. The SMILES string of the molecule is CCCOC1COC(c2ccc3c(F)c(CCc4ccc(C(F)(F)F)c(F)c4)ccc3c2)OC1. The zero-order chi connectivity index (χ0) is 24.3. The van der Waals surface area contributed by atoms with Crippen LogP contribution < -0.4 is 0 Å². The summed E-state index contributed by atoms with van der Waals surface area (Å²) in [7, 11) is 0. The van der Waals surface area contributed by atoms with E-state index < -0.39 is 29.7 Å². The summed E-state index contributed by atoms with van der Waals surface area (Å²) in [5, 5.41) is 1.09. The Labute approximate surface area is 194 Å². The summed E-state index contributed by atoms with van der Waals surface area (Å²) in [5.41, 5.74) is 0.238. The Morgan fingerprint density at radius 1 is 0.941 bits per heavy atom. The molecule has 1 heterocycles. The minimum atomic E-state index is -4.75. The molecule has 3 aromatic rings. The molecular formula is C26H25F5O3. The van der Waals surface area contributed by atoms with Gasteiger partial charge >= 0.3 is 6.18 Å². The first kappa shape index (κ1) is 24.6. The number of benzene rings is 3. The molecule has 182 valence electrons. The van der Waals surface area contributed by atoms with E-state index in [0.717, 1.165) is 24.1 Å². The zero-order valence-electron chi connectivity index (χ0n) is 18.6. The second-order valence-corrected chi connectivity index (χ2v) is 8.32. The fraction of sp³-hybridized carbons (Fsp3) is 0.385. The molecule has 3 aromatic carbocycles. The van der Waals surface area contributed by atoms with Gasteiger partial charge in [0, 0.05) is 17.6 Å². The van der Waals surface area contributed by atoms with Crippen molar-refractivity contribution in [1.82, 2.24) is 0 Å². The summed E-state index contributed by atoms with van der Waals surface area (Å²) in [6.07, 6.45) is -4.05. The summed E-state index contributed by atoms with van der Waals surface area (Å²) < 4.78 is 84.3. The summed E-state index contributed by atoms with van der Waals surface area (Å²) in [6, 6.07) is 11.4. The lowest BCUT2D eigenvalue weighted by Crippen LogP contribution is -2.33. The molecule has 0 radical (unpaired) electrons. The van der Waals surface area contributed by atoms with Gasteiger partial charge in [-0.1, -0.05) is 37.3 Å². The van der Waals surface area contributed by atoms with E-state index >= 15 is 4.39 Å². The highest BCUT2D eigenvalue weighted by molar-refractivity contribution is 5.84. The molecule has 1 fully saturated rings. The molecule has 0 amide bonds. The van der Waals surface area contributed by atoms with Gasteiger partial charge in [0.05, 0.1) is 18.8 Å². The van der Waals surface area contributed by atoms with Crippen LogP contribution in [0.15, 0.2) is 48.5 Å². The number of alkyl halides is 3. The molecule has 1 aliphatic rings. The number of fused-ring (bicyclic) bond motifs is 1. The van der Waals surface area contributed by atoms with Crippen LogP contribution in [-0.2, 0) is 33.2 Å². The lowest BCUT2D eigenvalue weighted by Gasteiger charge is -2.29. The van der Waals surface area contributed by atoms with E-state index in [9.17, 15) is 17.6 Å². The minimum Gasteiger partial charge on any atom is -0.373 e. The molecule has 0 spiro atoms. The van der Waals surface area contributed by atoms with Crippen LogP contribution in [0.3, 0.4) is 0 Å². The normalized spacial score (nSPS) is 19.0. The molecule has 0 aliphatic carbocycles. The Bertz CT molecular complexity index is 1140. The highest BCUT2D eigenvalue weighted by Gasteiger charge is 2.33. The number of hydrogen-bond acceptors (Lipinski definition) is 3. The van der Waals surface area contributed by atoms with Gasteiger partial charge in [-0.2, -0.15) is 13.2 Å². The third-order valence-corrected chi connectivity index (χ3v) is 5.78. The number of halogens is 5. The number of aryl methyl sites for hydroxylation is 2. The highest BCUT2D eigenvalue weighted by atomic mass is 19.4. The third kappa shape index (κ3) is 5.56.